The van der Waals surface area contributed by atoms with E-state index in [-0.39, 0.29) is 12.1 Å². The maximum atomic E-state index is 11.8. The van der Waals surface area contributed by atoms with Crippen LogP contribution in [0.25, 0.3) is 0 Å². The molecule has 0 radical (unpaired) electrons. The zero-order valence-electron chi connectivity index (χ0n) is 11.8. The lowest BCUT2D eigenvalue weighted by Crippen LogP contribution is -2.67. The third kappa shape index (κ3) is 3.35. The number of nitrogens with zero attached hydrogens (tertiary/aromatic N) is 2. The van der Waals surface area contributed by atoms with Gasteiger partial charge >= 0.3 is 6.09 Å². The van der Waals surface area contributed by atoms with E-state index in [1.807, 2.05) is 6.92 Å². The molecule has 106 valence electrons. The van der Waals surface area contributed by atoms with Gasteiger partial charge in [-0.05, 0) is 27.7 Å². The number of carbonyl (C=O) groups excluding carboxylic acids is 1. The van der Waals surface area contributed by atoms with E-state index in [1.54, 1.807) is 20.8 Å². The molecule has 7 heteroatoms. The summed E-state index contributed by atoms with van der Waals surface area (Å²) < 4.78 is 29.4. The first-order valence-corrected chi connectivity index (χ1v) is 7.71. The molecule has 0 aliphatic carbocycles. The van der Waals surface area contributed by atoms with E-state index < -0.39 is 21.7 Å². The number of rotatable bonds is 2. The van der Waals surface area contributed by atoms with Gasteiger partial charge in [-0.1, -0.05) is 0 Å². The fraction of sp³-hybridized carbons (Fsp3) is 0.909. The minimum absolute atomic E-state index is 0.167. The molecule has 0 aromatic heterocycles. The van der Waals surface area contributed by atoms with Gasteiger partial charge < -0.3 is 9.64 Å². The molecule has 0 N–H and O–H groups in total. The smallest absolute Gasteiger partial charge is 0.410 e. The Hall–Kier alpha value is -0.820. The van der Waals surface area contributed by atoms with Gasteiger partial charge in [-0.25, -0.2) is 13.2 Å². The van der Waals surface area contributed by atoms with Crippen molar-refractivity contribution < 1.29 is 17.9 Å². The first-order valence-electron chi connectivity index (χ1n) is 5.86. The van der Waals surface area contributed by atoms with Gasteiger partial charge in [-0.15, -0.1) is 0 Å². The third-order valence-corrected chi connectivity index (χ3v) is 4.37. The summed E-state index contributed by atoms with van der Waals surface area (Å²) in [7, 11) is -1.69. The maximum absolute atomic E-state index is 11.8. The zero-order valence-corrected chi connectivity index (χ0v) is 12.6. The SMILES string of the molecule is C[C@@H]1[C@@H](N(C)S(C)(=O)=O)CN1C(=O)OC(C)(C)C. The second-order valence-electron chi connectivity index (χ2n) is 5.72. The molecule has 6 nitrogen and oxygen atoms in total. The lowest BCUT2D eigenvalue weighted by atomic mass is 9.99. The van der Waals surface area contributed by atoms with Crippen molar-refractivity contribution in [2.75, 3.05) is 19.8 Å². The van der Waals surface area contributed by atoms with Crippen molar-refractivity contribution in [2.24, 2.45) is 0 Å². The van der Waals surface area contributed by atoms with Crippen molar-refractivity contribution in [3.8, 4) is 0 Å². The molecule has 18 heavy (non-hydrogen) atoms. The standard InChI is InChI=1S/C11H22N2O4S/c1-8-9(12(5)18(6,15)16)7-13(8)10(14)17-11(2,3)4/h8-9H,7H2,1-6H3/t8-,9+/m1/s1. The van der Waals surface area contributed by atoms with Crippen molar-refractivity contribution in [3.63, 3.8) is 0 Å². The summed E-state index contributed by atoms with van der Waals surface area (Å²) in [6.45, 7) is 7.60. The quantitative estimate of drug-likeness (QED) is 0.752. The molecule has 2 atom stereocenters. The fourth-order valence-corrected chi connectivity index (χ4v) is 2.55. The van der Waals surface area contributed by atoms with Gasteiger partial charge in [0.1, 0.15) is 5.60 Å². The molecular formula is C11H22N2O4S. The number of sulfonamides is 1. The van der Waals surface area contributed by atoms with Crippen molar-refractivity contribution in [1.82, 2.24) is 9.21 Å². The molecule has 0 unspecified atom stereocenters. The van der Waals surface area contributed by atoms with Crippen molar-refractivity contribution in [2.45, 2.75) is 45.4 Å². The summed E-state index contributed by atoms with van der Waals surface area (Å²) in [5, 5.41) is 0. The minimum atomic E-state index is -3.23. The average molecular weight is 278 g/mol. The summed E-state index contributed by atoms with van der Waals surface area (Å²) in [5.41, 5.74) is -0.537. The first-order chi connectivity index (χ1) is 7.93. The number of hydrogen-bond acceptors (Lipinski definition) is 4. The monoisotopic (exact) mass is 278 g/mol. The Kier molecular flexibility index (Phi) is 3.97. The minimum Gasteiger partial charge on any atom is -0.444 e. The van der Waals surface area contributed by atoms with Crippen LogP contribution >= 0.6 is 0 Å². The topological polar surface area (TPSA) is 66.9 Å². The highest BCUT2D eigenvalue weighted by Gasteiger charge is 2.45. The second kappa shape index (κ2) is 4.70. The summed E-state index contributed by atoms with van der Waals surface area (Å²) in [5.74, 6) is 0. The van der Waals surface area contributed by atoms with Gasteiger partial charge in [-0.2, -0.15) is 4.31 Å². The molecule has 0 saturated carbocycles. The van der Waals surface area contributed by atoms with Gasteiger partial charge in [0.2, 0.25) is 10.0 Å². The van der Waals surface area contributed by atoms with Gasteiger partial charge in [0.05, 0.1) is 18.3 Å². The van der Waals surface area contributed by atoms with Crippen LogP contribution in [0.15, 0.2) is 0 Å². The van der Waals surface area contributed by atoms with Gasteiger partial charge in [-0.3, -0.25) is 0 Å². The van der Waals surface area contributed by atoms with Crippen LogP contribution in [0.3, 0.4) is 0 Å². The summed E-state index contributed by atoms with van der Waals surface area (Å²) in [6.07, 6.45) is 0.767. The molecule has 0 bridgehead atoms. The number of ether oxygens (including phenoxy) is 1. The lowest BCUT2D eigenvalue weighted by Gasteiger charge is -2.48. The third-order valence-electron chi connectivity index (χ3n) is 3.05. The van der Waals surface area contributed by atoms with E-state index >= 15 is 0 Å². The Balaban J connectivity index is 2.61. The van der Waals surface area contributed by atoms with Crippen molar-refractivity contribution >= 4 is 16.1 Å². The van der Waals surface area contributed by atoms with Crippen LogP contribution in [-0.2, 0) is 14.8 Å². The molecule has 1 heterocycles. The summed E-state index contributed by atoms with van der Waals surface area (Å²) in [6, 6.07) is -0.341. The zero-order chi connectivity index (χ0) is 14.3. The molecule has 0 aromatic carbocycles. The van der Waals surface area contributed by atoms with E-state index in [1.165, 1.54) is 16.3 Å². The van der Waals surface area contributed by atoms with Crippen LogP contribution in [0, 0.1) is 0 Å². The largest absolute Gasteiger partial charge is 0.444 e. The first kappa shape index (κ1) is 15.2. The molecule has 0 spiro atoms. The Bertz CT molecular complexity index is 427. The normalized spacial score (nSPS) is 24.9. The van der Waals surface area contributed by atoms with Gasteiger partial charge in [0.25, 0.3) is 0 Å². The van der Waals surface area contributed by atoms with E-state index in [9.17, 15) is 13.2 Å². The maximum Gasteiger partial charge on any atom is 0.410 e. The Morgan fingerprint density at radius 1 is 1.39 bits per heavy atom. The second-order valence-corrected chi connectivity index (χ2v) is 7.76. The lowest BCUT2D eigenvalue weighted by molar-refractivity contribution is -0.0246. The molecule has 1 amide bonds. The molecular weight excluding hydrogens is 256 g/mol. The molecule has 1 fully saturated rings. The highest BCUT2D eigenvalue weighted by Crippen LogP contribution is 2.26. The van der Waals surface area contributed by atoms with Crippen LogP contribution in [0.5, 0.6) is 0 Å². The summed E-state index contributed by atoms with van der Waals surface area (Å²) in [4.78, 5) is 13.3. The van der Waals surface area contributed by atoms with E-state index in [0.717, 1.165) is 6.26 Å². The van der Waals surface area contributed by atoms with E-state index in [4.69, 9.17) is 4.74 Å². The number of amides is 1. The number of carbonyl (C=O) groups is 1. The van der Waals surface area contributed by atoms with Gasteiger partial charge in [0.15, 0.2) is 0 Å². The molecule has 1 aliphatic heterocycles. The molecule has 1 saturated heterocycles. The van der Waals surface area contributed by atoms with Crippen LogP contribution < -0.4 is 0 Å². The number of likely N-dealkylation sites (tertiary alicyclic amines) is 1. The predicted molar refractivity (Wildman–Crippen MR) is 68.8 cm³/mol. The molecule has 1 rings (SSSR count). The van der Waals surface area contributed by atoms with E-state index in [2.05, 4.69) is 0 Å². The average Bonchev–Trinajstić information content (AvgIpc) is 2.10. The number of likely N-dealkylation sites (N-methyl/N-ethyl adjacent to an activating group) is 1. The Morgan fingerprint density at radius 3 is 2.22 bits per heavy atom. The van der Waals surface area contributed by atoms with Gasteiger partial charge in [0, 0.05) is 13.6 Å². The van der Waals surface area contributed by atoms with Crippen molar-refractivity contribution in [1.29, 1.82) is 0 Å². The molecule has 1 aliphatic rings. The van der Waals surface area contributed by atoms with Crippen molar-refractivity contribution in [3.05, 3.63) is 0 Å². The van der Waals surface area contributed by atoms with Crippen LogP contribution in [0.2, 0.25) is 0 Å². The predicted octanol–water partition coefficient (Wildman–Crippen LogP) is 0.886. The summed E-state index contributed by atoms with van der Waals surface area (Å²) >= 11 is 0. The van der Waals surface area contributed by atoms with Crippen LogP contribution in [0.4, 0.5) is 4.79 Å². The van der Waals surface area contributed by atoms with E-state index in [0.29, 0.717) is 6.54 Å². The highest BCUT2D eigenvalue weighted by atomic mass is 32.2. The van der Waals surface area contributed by atoms with Crippen LogP contribution in [-0.4, -0.2) is 61.2 Å². The highest BCUT2D eigenvalue weighted by molar-refractivity contribution is 7.88. The van der Waals surface area contributed by atoms with Crippen LogP contribution in [0.1, 0.15) is 27.7 Å². The number of hydrogen-bond donors (Lipinski definition) is 0. The fourth-order valence-electron chi connectivity index (χ4n) is 1.82. The Labute approximate surface area is 109 Å². The Morgan fingerprint density at radius 2 is 1.89 bits per heavy atom. The molecule has 0 aromatic rings.